The van der Waals surface area contributed by atoms with Crippen molar-refractivity contribution in [2.45, 2.75) is 64.4 Å². The number of ether oxygens (including phenoxy) is 1. The van der Waals surface area contributed by atoms with E-state index in [9.17, 15) is 14.3 Å². The third-order valence-corrected chi connectivity index (χ3v) is 6.70. The monoisotopic (exact) mass is 396 g/mol. The Bertz CT molecular complexity index is 866. The Labute approximate surface area is 171 Å². The number of fused-ring (bicyclic) bond motifs is 1. The Morgan fingerprint density at radius 3 is 2.45 bits per heavy atom. The van der Waals surface area contributed by atoms with E-state index in [-0.39, 0.29) is 29.1 Å². The minimum absolute atomic E-state index is 0.0126. The number of aliphatic hydroxyl groups is 1. The number of hydrogen-bond acceptors (Lipinski definition) is 3. The smallest absolute Gasteiger partial charge is 0.315 e. The molecule has 2 aliphatic rings. The molecular weight excluding hydrogens is 367 g/mol. The van der Waals surface area contributed by atoms with Crippen molar-refractivity contribution in [3.8, 4) is 5.75 Å². The van der Waals surface area contributed by atoms with Gasteiger partial charge in [-0.2, -0.15) is 0 Å². The van der Waals surface area contributed by atoms with Crippen molar-refractivity contribution in [3.05, 3.63) is 64.5 Å². The zero-order valence-corrected chi connectivity index (χ0v) is 17.0. The molecule has 29 heavy (non-hydrogen) atoms. The first-order valence-corrected chi connectivity index (χ1v) is 10.8. The van der Waals surface area contributed by atoms with Crippen LogP contribution < -0.4 is 4.74 Å². The molecule has 1 N–H and O–H groups in total. The zero-order chi connectivity index (χ0) is 20.4. The number of rotatable bonds is 5. The molecule has 2 aromatic rings. The molecule has 4 heteroatoms. The van der Waals surface area contributed by atoms with E-state index in [1.807, 2.05) is 0 Å². The lowest BCUT2D eigenvalue weighted by atomic mass is 9.71. The normalized spacial score (nSPS) is 24.1. The number of benzene rings is 2. The molecule has 0 radical (unpaired) electrons. The Kier molecular flexibility index (Phi) is 6.00. The summed E-state index contributed by atoms with van der Waals surface area (Å²) in [4.78, 5) is 12.6. The fourth-order valence-electron chi connectivity index (χ4n) is 4.99. The van der Waals surface area contributed by atoms with Gasteiger partial charge in [-0.15, -0.1) is 0 Å². The molecule has 1 atom stereocenters. The lowest BCUT2D eigenvalue weighted by molar-refractivity contribution is -0.143. The molecule has 1 saturated carbocycles. The molecule has 1 aliphatic heterocycles. The lowest BCUT2D eigenvalue weighted by Crippen LogP contribution is -2.35. The number of carbonyl (C=O) groups excluding carboxylic acids is 1. The summed E-state index contributed by atoms with van der Waals surface area (Å²) < 4.78 is 19.8. The minimum atomic E-state index is -0.605. The van der Waals surface area contributed by atoms with Crippen LogP contribution in [0.3, 0.4) is 0 Å². The molecule has 3 nitrogen and oxygen atoms in total. The highest BCUT2D eigenvalue weighted by Gasteiger charge is 2.38. The SMILES string of the molecule is CCCc1ccc(C2CCC(C3Cc4ccc(CO)c(F)c4OC3=O)CC2)cc1. The van der Waals surface area contributed by atoms with Gasteiger partial charge in [0.05, 0.1) is 12.5 Å². The molecule has 1 fully saturated rings. The van der Waals surface area contributed by atoms with Crippen molar-refractivity contribution in [1.29, 1.82) is 0 Å². The number of carbonyl (C=O) groups is 1. The van der Waals surface area contributed by atoms with Gasteiger partial charge in [-0.05, 0) is 67.1 Å². The Morgan fingerprint density at radius 1 is 1.07 bits per heavy atom. The highest BCUT2D eigenvalue weighted by Crippen LogP contribution is 2.43. The number of aliphatic hydroxyl groups excluding tert-OH is 1. The summed E-state index contributed by atoms with van der Waals surface area (Å²) >= 11 is 0. The highest BCUT2D eigenvalue weighted by atomic mass is 19.1. The van der Waals surface area contributed by atoms with Crippen LogP contribution in [0.15, 0.2) is 36.4 Å². The maximum Gasteiger partial charge on any atom is 0.315 e. The second-order valence-corrected chi connectivity index (χ2v) is 8.52. The summed E-state index contributed by atoms with van der Waals surface area (Å²) in [5.74, 6) is -0.274. The second kappa shape index (κ2) is 8.66. The molecule has 4 rings (SSSR count). The molecule has 0 amide bonds. The summed E-state index contributed by atoms with van der Waals surface area (Å²) in [5, 5.41) is 9.22. The third kappa shape index (κ3) is 4.09. The van der Waals surface area contributed by atoms with Crippen molar-refractivity contribution < 1.29 is 19.0 Å². The van der Waals surface area contributed by atoms with Gasteiger partial charge in [-0.25, -0.2) is 4.39 Å². The van der Waals surface area contributed by atoms with Gasteiger partial charge < -0.3 is 9.84 Å². The first-order valence-electron chi connectivity index (χ1n) is 10.8. The molecule has 0 saturated heterocycles. The van der Waals surface area contributed by atoms with E-state index in [1.165, 1.54) is 11.1 Å². The highest BCUT2D eigenvalue weighted by molar-refractivity contribution is 5.78. The summed E-state index contributed by atoms with van der Waals surface area (Å²) in [6.07, 6.45) is 6.95. The van der Waals surface area contributed by atoms with E-state index in [2.05, 4.69) is 31.2 Å². The minimum Gasteiger partial charge on any atom is -0.423 e. The average molecular weight is 397 g/mol. The van der Waals surface area contributed by atoms with Crippen LogP contribution in [-0.4, -0.2) is 11.1 Å². The maximum absolute atomic E-state index is 14.4. The Morgan fingerprint density at radius 2 is 1.79 bits per heavy atom. The summed E-state index contributed by atoms with van der Waals surface area (Å²) in [6.45, 7) is 1.80. The van der Waals surface area contributed by atoms with Crippen LogP contribution in [0, 0.1) is 17.7 Å². The van der Waals surface area contributed by atoms with E-state index in [0.29, 0.717) is 12.3 Å². The van der Waals surface area contributed by atoms with Gasteiger partial charge in [0.1, 0.15) is 0 Å². The molecule has 2 aromatic carbocycles. The van der Waals surface area contributed by atoms with E-state index >= 15 is 0 Å². The first-order chi connectivity index (χ1) is 14.1. The molecule has 154 valence electrons. The van der Waals surface area contributed by atoms with Crippen LogP contribution in [0.1, 0.15) is 67.2 Å². The van der Waals surface area contributed by atoms with Crippen LogP contribution in [0.4, 0.5) is 4.39 Å². The number of aryl methyl sites for hydroxylation is 1. The number of hydrogen-bond donors (Lipinski definition) is 1. The van der Waals surface area contributed by atoms with Crippen LogP contribution in [0.5, 0.6) is 5.75 Å². The molecule has 0 aromatic heterocycles. The van der Waals surface area contributed by atoms with Crippen molar-refractivity contribution in [2.24, 2.45) is 11.8 Å². The molecule has 1 aliphatic carbocycles. The predicted octanol–water partition coefficient (Wildman–Crippen LogP) is 5.32. The maximum atomic E-state index is 14.4. The van der Waals surface area contributed by atoms with E-state index in [1.54, 1.807) is 12.1 Å². The Balaban J connectivity index is 1.41. The third-order valence-electron chi connectivity index (χ3n) is 6.70. The topological polar surface area (TPSA) is 46.5 Å². The van der Waals surface area contributed by atoms with E-state index in [4.69, 9.17) is 4.74 Å². The molecular formula is C25H29FO3. The molecule has 1 heterocycles. The molecule has 1 unspecified atom stereocenters. The summed E-state index contributed by atoms with van der Waals surface area (Å²) in [7, 11) is 0. The summed E-state index contributed by atoms with van der Waals surface area (Å²) in [5.41, 5.74) is 3.70. The number of esters is 1. The first kappa shape index (κ1) is 20.1. The summed E-state index contributed by atoms with van der Waals surface area (Å²) in [6, 6.07) is 12.4. The van der Waals surface area contributed by atoms with Gasteiger partial charge in [-0.3, -0.25) is 4.79 Å². The van der Waals surface area contributed by atoms with Crippen molar-refractivity contribution in [3.63, 3.8) is 0 Å². The fourth-order valence-corrected chi connectivity index (χ4v) is 4.99. The van der Waals surface area contributed by atoms with Gasteiger partial charge >= 0.3 is 5.97 Å². The second-order valence-electron chi connectivity index (χ2n) is 8.52. The molecule has 0 spiro atoms. The van der Waals surface area contributed by atoms with Gasteiger partial charge in [0.2, 0.25) is 0 Å². The zero-order valence-electron chi connectivity index (χ0n) is 17.0. The fraction of sp³-hybridized carbons (Fsp3) is 0.480. The van der Waals surface area contributed by atoms with E-state index < -0.39 is 12.4 Å². The van der Waals surface area contributed by atoms with Crippen LogP contribution >= 0.6 is 0 Å². The number of halogens is 1. The van der Waals surface area contributed by atoms with Gasteiger partial charge in [0.25, 0.3) is 0 Å². The van der Waals surface area contributed by atoms with Crippen LogP contribution in [0.25, 0.3) is 0 Å². The predicted molar refractivity (Wildman–Crippen MR) is 110 cm³/mol. The van der Waals surface area contributed by atoms with Crippen molar-refractivity contribution in [2.75, 3.05) is 0 Å². The standard InChI is InChI=1S/C25H29FO3/c1-2-3-16-4-6-17(7-5-16)18-8-10-19(11-9-18)22-14-20-12-13-21(15-27)23(26)24(20)29-25(22)28/h4-7,12-13,18-19,22,27H,2-3,8-11,14-15H2,1H3. The van der Waals surface area contributed by atoms with Gasteiger partial charge in [0, 0.05) is 5.56 Å². The van der Waals surface area contributed by atoms with Gasteiger partial charge in [0.15, 0.2) is 11.6 Å². The van der Waals surface area contributed by atoms with Crippen LogP contribution in [-0.2, 0) is 24.2 Å². The van der Waals surface area contributed by atoms with Crippen LogP contribution in [0.2, 0.25) is 0 Å². The Hall–Kier alpha value is -2.20. The van der Waals surface area contributed by atoms with Crippen molar-refractivity contribution >= 4 is 5.97 Å². The van der Waals surface area contributed by atoms with Crippen molar-refractivity contribution in [1.82, 2.24) is 0 Å². The largest absolute Gasteiger partial charge is 0.423 e. The quantitative estimate of drug-likeness (QED) is 0.549. The van der Waals surface area contributed by atoms with Gasteiger partial charge in [-0.1, -0.05) is 49.7 Å². The average Bonchev–Trinajstić information content (AvgIpc) is 2.75. The van der Waals surface area contributed by atoms with E-state index in [0.717, 1.165) is 44.1 Å². The molecule has 0 bridgehead atoms. The lowest BCUT2D eigenvalue weighted by Gasteiger charge is -2.35.